The fourth-order valence-electron chi connectivity index (χ4n) is 2.46. The van der Waals surface area contributed by atoms with Gasteiger partial charge in [-0.2, -0.15) is 0 Å². The molecule has 1 aliphatic heterocycles. The van der Waals surface area contributed by atoms with Crippen LogP contribution in [-0.2, 0) is 4.74 Å². The second-order valence-electron chi connectivity index (χ2n) is 4.94. The van der Waals surface area contributed by atoms with E-state index in [1.807, 2.05) is 24.3 Å². The lowest BCUT2D eigenvalue weighted by molar-refractivity contribution is 0.186. The first kappa shape index (κ1) is 11.5. The third kappa shape index (κ3) is 1.87. The molecule has 0 amide bonds. The molecular formula is C16H18O2. The van der Waals surface area contributed by atoms with Crippen molar-refractivity contribution in [2.75, 3.05) is 6.61 Å². The first-order valence-corrected chi connectivity index (χ1v) is 6.53. The van der Waals surface area contributed by atoms with E-state index in [1.54, 1.807) is 0 Å². The predicted octanol–water partition coefficient (Wildman–Crippen LogP) is 3.79. The van der Waals surface area contributed by atoms with Crippen molar-refractivity contribution >= 4 is 10.8 Å². The summed E-state index contributed by atoms with van der Waals surface area (Å²) >= 11 is 0. The molecule has 0 radical (unpaired) electrons. The average Bonchev–Trinajstić information content (AvgIpc) is 3.07. The molecule has 0 bridgehead atoms. The summed E-state index contributed by atoms with van der Waals surface area (Å²) in [5.41, 5.74) is -0.0586. The van der Waals surface area contributed by atoms with Crippen molar-refractivity contribution in [3.05, 3.63) is 42.5 Å². The molecular weight excluding hydrogens is 224 g/mol. The average molecular weight is 242 g/mol. The van der Waals surface area contributed by atoms with Gasteiger partial charge in [-0.1, -0.05) is 43.3 Å². The lowest BCUT2D eigenvalue weighted by Crippen LogP contribution is -2.22. The Morgan fingerprint density at radius 3 is 2.61 bits per heavy atom. The Bertz CT molecular complexity index is 555. The molecule has 2 unspecified atom stereocenters. The van der Waals surface area contributed by atoms with Gasteiger partial charge in [-0.3, -0.25) is 0 Å². The van der Waals surface area contributed by atoms with Crippen molar-refractivity contribution in [1.82, 2.24) is 0 Å². The van der Waals surface area contributed by atoms with Crippen LogP contribution < -0.4 is 4.74 Å². The summed E-state index contributed by atoms with van der Waals surface area (Å²) in [6.07, 6.45) is 1.32. The molecule has 2 atom stereocenters. The third-order valence-corrected chi connectivity index (χ3v) is 3.92. The molecule has 0 N–H and O–H groups in total. The molecule has 0 aliphatic carbocycles. The molecule has 1 fully saturated rings. The highest BCUT2D eigenvalue weighted by Gasteiger charge is 2.52. The smallest absolute Gasteiger partial charge is 0.128 e. The van der Waals surface area contributed by atoms with Gasteiger partial charge in [0.25, 0.3) is 0 Å². The van der Waals surface area contributed by atoms with Crippen LogP contribution in [0.3, 0.4) is 0 Å². The SMILES string of the molecule is CCC1(COc2cccc3ccccc23)OC1C. The Hall–Kier alpha value is -1.54. The van der Waals surface area contributed by atoms with Gasteiger partial charge in [-0.15, -0.1) is 0 Å². The highest BCUT2D eigenvalue weighted by molar-refractivity contribution is 5.88. The van der Waals surface area contributed by atoms with Crippen molar-refractivity contribution in [3.8, 4) is 5.75 Å². The van der Waals surface area contributed by atoms with E-state index in [0.717, 1.165) is 12.2 Å². The summed E-state index contributed by atoms with van der Waals surface area (Å²) in [5, 5.41) is 2.38. The zero-order valence-electron chi connectivity index (χ0n) is 10.8. The Morgan fingerprint density at radius 1 is 1.17 bits per heavy atom. The van der Waals surface area contributed by atoms with Crippen LogP contribution in [0.5, 0.6) is 5.75 Å². The fraction of sp³-hybridized carbons (Fsp3) is 0.375. The Balaban J connectivity index is 1.83. The summed E-state index contributed by atoms with van der Waals surface area (Å²) in [7, 11) is 0. The molecule has 0 aromatic heterocycles. The molecule has 1 heterocycles. The van der Waals surface area contributed by atoms with E-state index in [1.165, 1.54) is 10.8 Å². The fourth-order valence-corrected chi connectivity index (χ4v) is 2.46. The maximum Gasteiger partial charge on any atom is 0.128 e. The lowest BCUT2D eigenvalue weighted by atomic mass is 10.0. The third-order valence-electron chi connectivity index (χ3n) is 3.92. The topological polar surface area (TPSA) is 21.8 Å². The van der Waals surface area contributed by atoms with Gasteiger partial charge in [0.2, 0.25) is 0 Å². The minimum Gasteiger partial charge on any atom is -0.490 e. The van der Waals surface area contributed by atoms with Crippen molar-refractivity contribution in [2.45, 2.75) is 32.0 Å². The molecule has 1 saturated heterocycles. The van der Waals surface area contributed by atoms with E-state index in [0.29, 0.717) is 12.7 Å². The van der Waals surface area contributed by atoms with Crippen molar-refractivity contribution in [2.24, 2.45) is 0 Å². The summed E-state index contributed by atoms with van der Waals surface area (Å²) < 4.78 is 11.6. The van der Waals surface area contributed by atoms with Crippen LogP contribution in [-0.4, -0.2) is 18.3 Å². The van der Waals surface area contributed by atoms with Crippen molar-refractivity contribution in [1.29, 1.82) is 0 Å². The number of hydrogen-bond acceptors (Lipinski definition) is 2. The van der Waals surface area contributed by atoms with Gasteiger partial charge in [0.1, 0.15) is 18.0 Å². The number of epoxide rings is 1. The van der Waals surface area contributed by atoms with Gasteiger partial charge >= 0.3 is 0 Å². The zero-order valence-corrected chi connectivity index (χ0v) is 10.8. The number of hydrogen-bond donors (Lipinski definition) is 0. The van der Waals surface area contributed by atoms with E-state index in [2.05, 4.69) is 32.0 Å². The largest absolute Gasteiger partial charge is 0.490 e. The zero-order chi connectivity index (χ0) is 12.6. The second kappa shape index (κ2) is 4.29. The van der Waals surface area contributed by atoms with Gasteiger partial charge in [0.05, 0.1) is 6.10 Å². The van der Waals surface area contributed by atoms with Gasteiger partial charge in [-0.25, -0.2) is 0 Å². The molecule has 1 aliphatic rings. The van der Waals surface area contributed by atoms with E-state index in [4.69, 9.17) is 9.47 Å². The van der Waals surface area contributed by atoms with Crippen molar-refractivity contribution in [3.63, 3.8) is 0 Å². The highest BCUT2D eigenvalue weighted by Crippen LogP contribution is 2.40. The molecule has 3 rings (SSSR count). The maximum absolute atomic E-state index is 5.98. The summed E-state index contributed by atoms with van der Waals surface area (Å²) in [5.74, 6) is 0.948. The first-order valence-electron chi connectivity index (χ1n) is 6.53. The molecule has 2 aromatic rings. The minimum absolute atomic E-state index is 0.0586. The van der Waals surface area contributed by atoms with Gasteiger partial charge < -0.3 is 9.47 Å². The van der Waals surface area contributed by atoms with Crippen LogP contribution in [0.1, 0.15) is 20.3 Å². The number of ether oxygens (including phenoxy) is 2. The number of fused-ring (bicyclic) bond motifs is 1. The highest BCUT2D eigenvalue weighted by atomic mass is 16.6. The van der Waals surface area contributed by atoms with Crippen LogP contribution >= 0.6 is 0 Å². The lowest BCUT2D eigenvalue weighted by Gasteiger charge is -2.13. The maximum atomic E-state index is 5.98. The van der Waals surface area contributed by atoms with Crippen LogP contribution in [0, 0.1) is 0 Å². The van der Waals surface area contributed by atoms with Gasteiger partial charge in [0.15, 0.2) is 0 Å². The van der Waals surface area contributed by atoms with E-state index >= 15 is 0 Å². The Kier molecular flexibility index (Phi) is 2.75. The molecule has 2 aromatic carbocycles. The summed E-state index contributed by atoms with van der Waals surface area (Å²) in [4.78, 5) is 0. The monoisotopic (exact) mass is 242 g/mol. The van der Waals surface area contributed by atoms with Gasteiger partial charge in [-0.05, 0) is 24.8 Å². The van der Waals surface area contributed by atoms with Crippen LogP contribution in [0.15, 0.2) is 42.5 Å². The van der Waals surface area contributed by atoms with E-state index in [-0.39, 0.29) is 5.60 Å². The van der Waals surface area contributed by atoms with E-state index in [9.17, 15) is 0 Å². The van der Waals surface area contributed by atoms with Gasteiger partial charge in [0, 0.05) is 5.39 Å². The molecule has 18 heavy (non-hydrogen) atoms. The number of benzene rings is 2. The molecule has 0 spiro atoms. The Morgan fingerprint density at radius 2 is 1.89 bits per heavy atom. The second-order valence-corrected chi connectivity index (χ2v) is 4.94. The first-order chi connectivity index (χ1) is 8.75. The summed E-state index contributed by atoms with van der Waals surface area (Å²) in [6.45, 7) is 4.89. The van der Waals surface area contributed by atoms with Crippen LogP contribution in [0.4, 0.5) is 0 Å². The summed E-state index contributed by atoms with van der Waals surface area (Å²) in [6, 6.07) is 14.5. The number of rotatable bonds is 4. The quantitative estimate of drug-likeness (QED) is 0.761. The predicted molar refractivity (Wildman–Crippen MR) is 73.0 cm³/mol. The normalized spacial score (nSPS) is 26.2. The molecule has 2 nitrogen and oxygen atoms in total. The molecule has 2 heteroatoms. The van der Waals surface area contributed by atoms with Crippen molar-refractivity contribution < 1.29 is 9.47 Å². The standard InChI is InChI=1S/C16H18O2/c1-3-16(12(2)18-16)11-17-15-10-6-8-13-7-4-5-9-14(13)15/h4-10,12H,3,11H2,1-2H3. The Labute approximate surface area is 108 Å². The molecule has 0 saturated carbocycles. The van der Waals surface area contributed by atoms with E-state index < -0.39 is 0 Å². The van der Waals surface area contributed by atoms with Crippen LogP contribution in [0.25, 0.3) is 10.8 Å². The van der Waals surface area contributed by atoms with Crippen LogP contribution in [0.2, 0.25) is 0 Å². The minimum atomic E-state index is -0.0586. The molecule has 94 valence electrons.